The van der Waals surface area contributed by atoms with E-state index in [9.17, 15) is 4.79 Å². The minimum absolute atomic E-state index is 0. The van der Waals surface area contributed by atoms with Crippen LogP contribution in [-0.2, 0) is 11.2 Å². The number of amides is 1. The molecule has 1 aromatic carbocycles. The van der Waals surface area contributed by atoms with Gasteiger partial charge in [0.05, 0.1) is 5.00 Å². The van der Waals surface area contributed by atoms with Crippen LogP contribution in [0.4, 0.5) is 5.00 Å². The van der Waals surface area contributed by atoms with E-state index >= 15 is 0 Å². The highest BCUT2D eigenvalue weighted by Gasteiger charge is 2.21. The fourth-order valence-corrected chi connectivity index (χ4v) is 3.52. The van der Waals surface area contributed by atoms with Gasteiger partial charge >= 0.3 is 0 Å². The van der Waals surface area contributed by atoms with Crippen LogP contribution in [-0.4, -0.2) is 24.5 Å². The highest BCUT2D eigenvalue weighted by atomic mass is 35.5. The van der Waals surface area contributed by atoms with E-state index < -0.39 is 0 Å². The molecule has 0 bridgehead atoms. The van der Waals surface area contributed by atoms with Crippen molar-refractivity contribution in [1.29, 1.82) is 0 Å². The van der Waals surface area contributed by atoms with Gasteiger partial charge < -0.3 is 5.32 Å². The first kappa shape index (κ1) is 20.7. The summed E-state index contributed by atoms with van der Waals surface area (Å²) in [6.45, 7) is 7.01. The lowest BCUT2D eigenvalue weighted by Gasteiger charge is -2.29. The Morgan fingerprint density at radius 1 is 1.17 bits per heavy atom. The summed E-state index contributed by atoms with van der Waals surface area (Å²) in [5, 5.41) is 6.61. The maximum absolute atomic E-state index is 12.3. The number of halogens is 1. The summed E-state index contributed by atoms with van der Waals surface area (Å²) in [6.07, 6.45) is 1.52. The molecular formula is C19H27ClN2OS. The summed E-state index contributed by atoms with van der Waals surface area (Å²) in [7, 11) is 0. The lowest BCUT2D eigenvalue weighted by atomic mass is 10.1. The van der Waals surface area contributed by atoms with E-state index in [1.807, 2.05) is 35.4 Å². The summed E-state index contributed by atoms with van der Waals surface area (Å²) in [6, 6.07) is 15.0. The van der Waals surface area contributed by atoms with Crippen LogP contribution in [0, 0.1) is 0 Å². The van der Waals surface area contributed by atoms with Gasteiger partial charge in [-0.05, 0) is 43.3 Å². The summed E-state index contributed by atoms with van der Waals surface area (Å²) in [5.74, 6) is 0.178. The fraction of sp³-hybridized carbons (Fsp3) is 0.421. The number of carbonyl (C=O) groups is 1. The molecular weight excluding hydrogens is 340 g/mol. The van der Waals surface area contributed by atoms with Crippen molar-refractivity contribution in [1.82, 2.24) is 5.32 Å². The van der Waals surface area contributed by atoms with Gasteiger partial charge in [-0.1, -0.05) is 37.3 Å². The van der Waals surface area contributed by atoms with Gasteiger partial charge in [-0.25, -0.2) is 0 Å². The molecule has 3 nitrogen and oxygen atoms in total. The molecule has 1 aromatic heterocycles. The molecule has 2 unspecified atom stereocenters. The van der Waals surface area contributed by atoms with Gasteiger partial charge in [-0.15, -0.1) is 23.7 Å². The van der Waals surface area contributed by atoms with Crippen molar-refractivity contribution < 1.29 is 4.79 Å². The number of benzene rings is 1. The molecule has 132 valence electrons. The molecule has 0 fully saturated rings. The van der Waals surface area contributed by atoms with Gasteiger partial charge in [0.15, 0.2) is 0 Å². The molecule has 0 saturated heterocycles. The van der Waals surface area contributed by atoms with Crippen molar-refractivity contribution in [3.05, 3.63) is 53.4 Å². The zero-order chi connectivity index (χ0) is 16.7. The second-order valence-electron chi connectivity index (χ2n) is 5.92. The molecule has 5 heteroatoms. The van der Waals surface area contributed by atoms with Crippen molar-refractivity contribution in [2.75, 3.05) is 11.4 Å². The topological polar surface area (TPSA) is 32.3 Å². The molecule has 1 N–H and O–H groups in total. The van der Waals surface area contributed by atoms with Crippen LogP contribution in [0.15, 0.2) is 47.8 Å². The van der Waals surface area contributed by atoms with Crippen molar-refractivity contribution in [3.63, 3.8) is 0 Å². The average Bonchev–Trinajstić information content (AvgIpc) is 3.08. The molecule has 1 heterocycles. The SMILES string of the molecule is CCC(=O)N(c1cccs1)C(C)CNC(C)Cc1ccccc1.Cl. The number of rotatable bonds is 8. The second-order valence-corrected chi connectivity index (χ2v) is 6.84. The predicted molar refractivity (Wildman–Crippen MR) is 106 cm³/mol. The largest absolute Gasteiger partial charge is 0.312 e. The van der Waals surface area contributed by atoms with Crippen molar-refractivity contribution in [3.8, 4) is 0 Å². The third kappa shape index (κ3) is 5.93. The molecule has 0 aliphatic heterocycles. The molecule has 2 aromatic rings. The number of thiophene rings is 1. The van der Waals surface area contributed by atoms with Crippen LogP contribution < -0.4 is 10.2 Å². The standard InChI is InChI=1S/C19H26N2OS.ClH/c1-4-18(22)21(19-11-8-12-23-19)16(3)14-20-15(2)13-17-9-6-5-7-10-17;/h5-12,15-16,20H,4,13-14H2,1-3H3;1H. The molecule has 0 radical (unpaired) electrons. The minimum atomic E-state index is 0. The van der Waals surface area contributed by atoms with Gasteiger partial charge in [0.2, 0.25) is 5.91 Å². The van der Waals surface area contributed by atoms with E-state index in [1.165, 1.54) is 5.56 Å². The van der Waals surface area contributed by atoms with Crippen LogP contribution in [0.3, 0.4) is 0 Å². The number of nitrogens with zero attached hydrogens (tertiary/aromatic N) is 1. The van der Waals surface area contributed by atoms with Gasteiger partial charge in [0.1, 0.15) is 0 Å². The molecule has 1 amide bonds. The Hall–Kier alpha value is -1.36. The zero-order valence-electron chi connectivity index (χ0n) is 14.6. The monoisotopic (exact) mass is 366 g/mol. The summed E-state index contributed by atoms with van der Waals surface area (Å²) < 4.78 is 0. The maximum atomic E-state index is 12.3. The van der Waals surface area contributed by atoms with E-state index in [0.29, 0.717) is 12.5 Å². The van der Waals surface area contributed by atoms with Gasteiger partial charge in [-0.3, -0.25) is 9.69 Å². The molecule has 24 heavy (non-hydrogen) atoms. The van der Waals surface area contributed by atoms with Crippen LogP contribution >= 0.6 is 23.7 Å². The predicted octanol–water partition coefficient (Wildman–Crippen LogP) is 4.52. The maximum Gasteiger partial charge on any atom is 0.227 e. The van der Waals surface area contributed by atoms with E-state index in [2.05, 4.69) is 43.4 Å². The Morgan fingerprint density at radius 3 is 2.46 bits per heavy atom. The van der Waals surface area contributed by atoms with E-state index in [4.69, 9.17) is 0 Å². The molecule has 0 aliphatic carbocycles. The molecule has 0 saturated carbocycles. The molecule has 2 atom stereocenters. The number of nitrogens with one attached hydrogen (secondary N) is 1. The first-order chi connectivity index (χ1) is 11.1. The number of hydrogen-bond acceptors (Lipinski definition) is 3. The number of anilines is 1. The molecule has 0 spiro atoms. The van der Waals surface area contributed by atoms with Crippen molar-refractivity contribution >= 4 is 34.7 Å². The van der Waals surface area contributed by atoms with Crippen LogP contribution in [0.25, 0.3) is 0 Å². The van der Waals surface area contributed by atoms with Crippen LogP contribution in [0.2, 0.25) is 0 Å². The third-order valence-electron chi connectivity index (χ3n) is 3.90. The normalized spacial score (nSPS) is 13.0. The smallest absolute Gasteiger partial charge is 0.227 e. The molecule has 0 aliphatic rings. The average molecular weight is 367 g/mol. The minimum Gasteiger partial charge on any atom is -0.312 e. The summed E-state index contributed by atoms with van der Waals surface area (Å²) in [5.41, 5.74) is 1.33. The zero-order valence-corrected chi connectivity index (χ0v) is 16.2. The van der Waals surface area contributed by atoms with E-state index in [1.54, 1.807) is 11.3 Å². The van der Waals surface area contributed by atoms with Gasteiger partial charge in [0, 0.05) is 25.0 Å². The van der Waals surface area contributed by atoms with Crippen LogP contribution in [0.5, 0.6) is 0 Å². The lowest BCUT2D eigenvalue weighted by molar-refractivity contribution is -0.118. The van der Waals surface area contributed by atoms with Gasteiger partial charge in [0.25, 0.3) is 0 Å². The Balaban J connectivity index is 0.00000288. The van der Waals surface area contributed by atoms with E-state index in [-0.39, 0.29) is 24.4 Å². The van der Waals surface area contributed by atoms with Crippen LogP contribution in [0.1, 0.15) is 32.8 Å². The highest BCUT2D eigenvalue weighted by molar-refractivity contribution is 7.14. The van der Waals surface area contributed by atoms with Crippen molar-refractivity contribution in [2.45, 2.75) is 45.7 Å². The Kier molecular flexibility index (Phi) is 9.04. The first-order valence-corrected chi connectivity index (χ1v) is 9.12. The number of hydrogen-bond donors (Lipinski definition) is 1. The fourth-order valence-electron chi connectivity index (χ4n) is 2.67. The first-order valence-electron chi connectivity index (χ1n) is 8.24. The third-order valence-corrected chi connectivity index (χ3v) is 4.77. The number of carbonyl (C=O) groups excluding carboxylic acids is 1. The van der Waals surface area contributed by atoms with Crippen molar-refractivity contribution in [2.24, 2.45) is 0 Å². The Bertz CT molecular complexity index is 589. The second kappa shape index (κ2) is 10.5. The Labute approximate surface area is 155 Å². The lowest BCUT2D eigenvalue weighted by Crippen LogP contribution is -2.46. The Morgan fingerprint density at radius 2 is 1.88 bits per heavy atom. The summed E-state index contributed by atoms with van der Waals surface area (Å²) in [4.78, 5) is 14.2. The highest BCUT2D eigenvalue weighted by Crippen LogP contribution is 2.24. The quantitative estimate of drug-likeness (QED) is 0.744. The molecule has 2 rings (SSSR count). The van der Waals surface area contributed by atoms with Gasteiger partial charge in [-0.2, -0.15) is 0 Å². The summed E-state index contributed by atoms with van der Waals surface area (Å²) >= 11 is 1.62. The van der Waals surface area contributed by atoms with E-state index in [0.717, 1.165) is 18.0 Å².